The van der Waals surface area contributed by atoms with E-state index < -0.39 is 0 Å². The standard InChI is InChI=1S/C20H30N4OS/c1-16(2)19(24-10-8-23(3)9-11-24)13-22-20(25)15-26-14-18-6-4-17(12-21)5-7-18/h4-7,16,19H,8-11,13-15H2,1-3H3,(H,22,25). The van der Waals surface area contributed by atoms with E-state index in [0.29, 0.717) is 23.3 Å². The number of piperazine rings is 1. The zero-order valence-corrected chi connectivity index (χ0v) is 16.9. The van der Waals surface area contributed by atoms with Crippen LogP contribution in [0.4, 0.5) is 0 Å². The summed E-state index contributed by atoms with van der Waals surface area (Å²) in [6, 6.07) is 10.1. The molecule has 2 rings (SSSR count). The van der Waals surface area contributed by atoms with Crippen LogP contribution >= 0.6 is 11.8 Å². The van der Waals surface area contributed by atoms with Crippen molar-refractivity contribution in [2.75, 3.05) is 45.5 Å². The topological polar surface area (TPSA) is 59.4 Å². The molecular formula is C20H30N4OS. The van der Waals surface area contributed by atoms with Crippen molar-refractivity contribution in [2.24, 2.45) is 5.92 Å². The molecular weight excluding hydrogens is 344 g/mol. The Balaban J connectivity index is 1.71. The summed E-state index contributed by atoms with van der Waals surface area (Å²) in [4.78, 5) is 17.1. The molecule has 1 fully saturated rings. The molecule has 26 heavy (non-hydrogen) atoms. The molecule has 0 aliphatic carbocycles. The highest BCUT2D eigenvalue weighted by atomic mass is 32.2. The zero-order chi connectivity index (χ0) is 18.9. The van der Waals surface area contributed by atoms with Gasteiger partial charge in [0.25, 0.3) is 0 Å². The van der Waals surface area contributed by atoms with Gasteiger partial charge in [0.1, 0.15) is 0 Å². The molecule has 0 saturated carbocycles. The lowest BCUT2D eigenvalue weighted by Crippen LogP contribution is -2.54. The normalized spacial score (nSPS) is 17.0. The van der Waals surface area contributed by atoms with Crippen molar-refractivity contribution < 1.29 is 4.79 Å². The molecule has 0 bridgehead atoms. The Bertz CT molecular complexity index is 603. The summed E-state index contributed by atoms with van der Waals surface area (Å²) < 4.78 is 0. The third-order valence-electron chi connectivity index (χ3n) is 4.87. The van der Waals surface area contributed by atoms with Crippen LogP contribution in [0.5, 0.6) is 0 Å². The van der Waals surface area contributed by atoms with Gasteiger partial charge in [0, 0.05) is 44.5 Å². The van der Waals surface area contributed by atoms with Crippen molar-refractivity contribution in [1.82, 2.24) is 15.1 Å². The van der Waals surface area contributed by atoms with E-state index in [2.05, 4.69) is 42.1 Å². The molecule has 1 heterocycles. The lowest BCUT2D eigenvalue weighted by molar-refractivity contribution is -0.118. The Kier molecular flexibility index (Phi) is 8.43. The second-order valence-electron chi connectivity index (χ2n) is 7.26. The average Bonchev–Trinajstić information content (AvgIpc) is 2.63. The van der Waals surface area contributed by atoms with Crippen LogP contribution in [0.25, 0.3) is 0 Å². The summed E-state index contributed by atoms with van der Waals surface area (Å²) in [5.74, 6) is 1.87. The molecule has 142 valence electrons. The second-order valence-corrected chi connectivity index (χ2v) is 8.24. The molecule has 1 aromatic rings. The Morgan fingerprint density at radius 3 is 2.46 bits per heavy atom. The van der Waals surface area contributed by atoms with Crippen molar-refractivity contribution >= 4 is 17.7 Å². The van der Waals surface area contributed by atoms with Gasteiger partial charge in [-0.25, -0.2) is 0 Å². The molecule has 1 aromatic carbocycles. The third kappa shape index (κ3) is 6.64. The first-order chi connectivity index (χ1) is 12.5. The van der Waals surface area contributed by atoms with Crippen LogP contribution < -0.4 is 5.32 Å². The van der Waals surface area contributed by atoms with Gasteiger partial charge in [-0.3, -0.25) is 9.69 Å². The third-order valence-corrected chi connectivity index (χ3v) is 5.87. The fourth-order valence-corrected chi connectivity index (χ4v) is 3.96. The van der Waals surface area contributed by atoms with Crippen molar-refractivity contribution in [2.45, 2.75) is 25.6 Å². The molecule has 1 aliphatic heterocycles. The van der Waals surface area contributed by atoms with Crippen LogP contribution in [0.1, 0.15) is 25.0 Å². The van der Waals surface area contributed by atoms with Gasteiger partial charge in [0.05, 0.1) is 17.4 Å². The van der Waals surface area contributed by atoms with E-state index in [-0.39, 0.29) is 5.91 Å². The number of hydrogen-bond acceptors (Lipinski definition) is 5. The van der Waals surface area contributed by atoms with E-state index in [1.807, 2.05) is 24.3 Å². The van der Waals surface area contributed by atoms with Crippen molar-refractivity contribution in [1.29, 1.82) is 5.26 Å². The smallest absolute Gasteiger partial charge is 0.230 e. The highest BCUT2D eigenvalue weighted by Crippen LogP contribution is 2.14. The summed E-state index contributed by atoms with van der Waals surface area (Å²) in [7, 11) is 2.16. The molecule has 1 saturated heterocycles. The number of hydrogen-bond donors (Lipinski definition) is 1. The Morgan fingerprint density at radius 2 is 1.88 bits per heavy atom. The van der Waals surface area contributed by atoms with E-state index in [9.17, 15) is 4.79 Å². The number of thioether (sulfide) groups is 1. The van der Waals surface area contributed by atoms with Gasteiger partial charge >= 0.3 is 0 Å². The van der Waals surface area contributed by atoms with Crippen LogP contribution in [0.15, 0.2) is 24.3 Å². The first-order valence-electron chi connectivity index (χ1n) is 9.25. The Morgan fingerprint density at radius 1 is 1.23 bits per heavy atom. The van der Waals surface area contributed by atoms with Crippen LogP contribution in [-0.2, 0) is 10.5 Å². The summed E-state index contributed by atoms with van der Waals surface area (Å²) in [6.45, 7) is 9.52. The van der Waals surface area contributed by atoms with Gasteiger partial charge in [-0.05, 0) is 30.7 Å². The number of carbonyl (C=O) groups excluding carboxylic acids is 1. The van der Waals surface area contributed by atoms with E-state index in [1.165, 1.54) is 0 Å². The van der Waals surface area contributed by atoms with Gasteiger partial charge in [-0.1, -0.05) is 26.0 Å². The molecule has 1 atom stereocenters. The quantitative estimate of drug-likeness (QED) is 0.756. The molecule has 0 aromatic heterocycles. The van der Waals surface area contributed by atoms with Crippen LogP contribution in [0, 0.1) is 17.2 Å². The molecule has 6 heteroatoms. The first-order valence-corrected chi connectivity index (χ1v) is 10.4. The van der Waals surface area contributed by atoms with Gasteiger partial charge in [-0.2, -0.15) is 5.26 Å². The minimum absolute atomic E-state index is 0.100. The molecule has 5 nitrogen and oxygen atoms in total. The van der Waals surface area contributed by atoms with Gasteiger partial charge < -0.3 is 10.2 Å². The molecule has 0 spiro atoms. The maximum absolute atomic E-state index is 12.2. The SMILES string of the molecule is CC(C)C(CNC(=O)CSCc1ccc(C#N)cc1)N1CCN(C)CC1. The number of nitriles is 1. The summed E-state index contributed by atoms with van der Waals surface area (Å²) in [6.07, 6.45) is 0. The van der Waals surface area contributed by atoms with Crippen molar-refractivity contribution in [3.63, 3.8) is 0 Å². The van der Waals surface area contributed by atoms with Gasteiger partial charge in [-0.15, -0.1) is 11.8 Å². The van der Waals surface area contributed by atoms with Crippen LogP contribution in [0.2, 0.25) is 0 Å². The molecule has 1 aliphatic rings. The number of rotatable bonds is 8. The maximum atomic E-state index is 12.2. The summed E-state index contributed by atoms with van der Waals surface area (Å²) in [5, 5.41) is 11.9. The van der Waals surface area contributed by atoms with E-state index in [4.69, 9.17) is 5.26 Å². The predicted octanol–water partition coefficient (Wildman–Crippen LogP) is 2.18. The molecule has 1 amide bonds. The maximum Gasteiger partial charge on any atom is 0.230 e. The number of carbonyl (C=O) groups is 1. The van der Waals surface area contributed by atoms with Crippen LogP contribution in [-0.4, -0.2) is 67.3 Å². The summed E-state index contributed by atoms with van der Waals surface area (Å²) in [5.41, 5.74) is 1.81. The van der Waals surface area contributed by atoms with Gasteiger partial charge in [0.15, 0.2) is 0 Å². The highest BCUT2D eigenvalue weighted by molar-refractivity contribution is 7.99. The highest BCUT2D eigenvalue weighted by Gasteiger charge is 2.25. The monoisotopic (exact) mass is 374 g/mol. The molecule has 1 N–H and O–H groups in total. The molecule has 1 unspecified atom stereocenters. The number of amides is 1. The molecule has 0 radical (unpaired) electrons. The predicted molar refractivity (Wildman–Crippen MR) is 108 cm³/mol. The van der Waals surface area contributed by atoms with Crippen LogP contribution in [0.3, 0.4) is 0 Å². The first kappa shape index (κ1) is 20.8. The number of nitrogens with one attached hydrogen (secondary N) is 1. The Hall–Kier alpha value is -1.55. The number of benzene rings is 1. The van der Waals surface area contributed by atoms with Crippen molar-refractivity contribution in [3.05, 3.63) is 35.4 Å². The van der Waals surface area contributed by atoms with E-state index in [0.717, 1.165) is 44.0 Å². The zero-order valence-electron chi connectivity index (χ0n) is 16.1. The largest absolute Gasteiger partial charge is 0.354 e. The lowest BCUT2D eigenvalue weighted by atomic mass is 10.0. The summed E-state index contributed by atoms with van der Waals surface area (Å²) >= 11 is 1.61. The Labute approximate surface area is 161 Å². The average molecular weight is 375 g/mol. The van der Waals surface area contributed by atoms with Crippen molar-refractivity contribution in [3.8, 4) is 6.07 Å². The minimum atomic E-state index is 0.100. The lowest BCUT2D eigenvalue weighted by Gasteiger charge is -2.39. The second kappa shape index (κ2) is 10.6. The van der Waals surface area contributed by atoms with Gasteiger partial charge in [0.2, 0.25) is 5.91 Å². The van der Waals surface area contributed by atoms with E-state index >= 15 is 0 Å². The fourth-order valence-electron chi connectivity index (χ4n) is 3.15. The van der Waals surface area contributed by atoms with E-state index in [1.54, 1.807) is 11.8 Å². The number of likely N-dealkylation sites (N-methyl/N-ethyl adjacent to an activating group) is 1. The minimum Gasteiger partial charge on any atom is -0.354 e. The number of nitrogens with zero attached hydrogens (tertiary/aromatic N) is 3. The fraction of sp³-hybridized carbons (Fsp3) is 0.600.